The van der Waals surface area contributed by atoms with Crippen LogP contribution in [0.5, 0.6) is 5.75 Å². The van der Waals surface area contributed by atoms with Crippen LogP contribution in [-0.2, 0) is 19.1 Å². The maximum atomic E-state index is 12.5. The number of methoxy groups -OCH3 is 1. The Morgan fingerprint density at radius 2 is 2.15 bits per heavy atom. The molecule has 140 valence electrons. The highest BCUT2D eigenvalue weighted by Gasteiger charge is 2.34. The minimum absolute atomic E-state index is 0.00887. The summed E-state index contributed by atoms with van der Waals surface area (Å²) in [6.45, 7) is 1.61. The number of carbonyl (C=O) groups excluding carboxylic acids is 3. The average Bonchev–Trinajstić information content (AvgIpc) is 3.00. The van der Waals surface area contributed by atoms with Crippen LogP contribution in [0.15, 0.2) is 18.2 Å². The molecule has 0 radical (unpaired) electrons. The molecule has 1 aromatic carbocycles. The van der Waals surface area contributed by atoms with Crippen molar-refractivity contribution in [3.8, 4) is 5.75 Å². The van der Waals surface area contributed by atoms with Crippen LogP contribution in [0.25, 0.3) is 0 Å². The molecular weight excluding hydrogens is 338 g/mol. The number of hydrogen-bond acceptors (Lipinski definition) is 5. The van der Waals surface area contributed by atoms with Gasteiger partial charge in [-0.25, -0.2) is 0 Å². The van der Waals surface area contributed by atoms with Crippen LogP contribution in [-0.4, -0.2) is 63.1 Å². The molecule has 0 saturated carbocycles. The van der Waals surface area contributed by atoms with Crippen molar-refractivity contribution in [1.82, 2.24) is 4.90 Å². The van der Waals surface area contributed by atoms with E-state index in [0.29, 0.717) is 36.8 Å². The van der Waals surface area contributed by atoms with Crippen LogP contribution < -0.4 is 15.0 Å². The predicted octanol–water partition coefficient (Wildman–Crippen LogP) is 0.865. The van der Waals surface area contributed by atoms with E-state index < -0.39 is 0 Å². The summed E-state index contributed by atoms with van der Waals surface area (Å²) >= 11 is 0. The van der Waals surface area contributed by atoms with E-state index in [2.05, 4.69) is 5.32 Å². The maximum Gasteiger partial charge on any atom is 0.264 e. The molecule has 0 aliphatic carbocycles. The Morgan fingerprint density at radius 1 is 1.35 bits per heavy atom. The SMILES string of the molecule is COCCCN1C[C@@H](C(=O)Nc2ccc3c(c2)N(C)C(=O)CO3)CC1=O. The van der Waals surface area contributed by atoms with Crippen molar-refractivity contribution in [2.24, 2.45) is 5.92 Å². The van der Waals surface area contributed by atoms with Gasteiger partial charge in [0.05, 0.1) is 11.6 Å². The summed E-state index contributed by atoms with van der Waals surface area (Å²) in [5.74, 6) is -0.125. The van der Waals surface area contributed by atoms with Gasteiger partial charge in [0, 0.05) is 46.0 Å². The van der Waals surface area contributed by atoms with Gasteiger partial charge in [0.15, 0.2) is 6.61 Å². The molecule has 1 atom stereocenters. The van der Waals surface area contributed by atoms with Gasteiger partial charge in [0.1, 0.15) is 5.75 Å². The summed E-state index contributed by atoms with van der Waals surface area (Å²) in [6, 6.07) is 5.16. The third kappa shape index (κ3) is 3.80. The zero-order valence-corrected chi connectivity index (χ0v) is 15.0. The minimum atomic E-state index is -0.378. The topological polar surface area (TPSA) is 88.2 Å². The molecule has 0 spiro atoms. The molecular formula is C18H23N3O5. The highest BCUT2D eigenvalue weighted by molar-refractivity contribution is 6.00. The summed E-state index contributed by atoms with van der Waals surface area (Å²) < 4.78 is 10.4. The molecule has 1 saturated heterocycles. The molecule has 26 heavy (non-hydrogen) atoms. The largest absolute Gasteiger partial charge is 0.482 e. The van der Waals surface area contributed by atoms with Crippen molar-refractivity contribution in [3.63, 3.8) is 0 Å². The van der Waals surface area contributed by atoms with Crippen LogP contribution in [0.4, 0.5) is 11.4 Å². The fourth-order valence-corrected chi connectivity index (χ4v) is 3.16. The van der Waals surface area contributed by atoms with Gasteiger partial charge in [-0.2, -0.15) is 0 Å². The first-order chi connectivity index (χ1) is 12.5. The predicted molar refractivity (Wildman–Crippen MR) is 95.2 cm³/mol. The second-order valence-electron chi connectivity index (χ2n) is 6.50. The smallest absolute Gasteiger partial charge is 0.264 e. The first kappa shape index (κ1) is 18.2. The Bertz CT molecular complexity index is 721. The lowest BCUT2D eigenvalue weighted by atomic mass is 10.1. The Kier molecular flexibility index (Phi) is 5.41. The van der Waals surface area contributed by atoms with Gasteiger partial charge in [-0.3, -0.25) is 14.4 Å². The molecule has 2 heterocycles. The highest BCUT2D eigenvalue weighted by atomic mass is 16.5. The van der Waals surface area contributed by atoms with Crippen LogP contribution in [0.2, 0.25) is 0 Å². The molecule has 0 unspecified atom stereocenters. The lowest BCUT2D eigenvalue weighted by Crippen LogP contribution is -2.35. The molecule has 8 nitrogen and oxygen atoms in total. The number of benzene rings is 1. The summed E-state index contributed by atoms with van der Waals surface area (Å²) in [5, 5.41) is 2.84. The highest BCUT2D eigenvalue weighted by Crippen LogP contribution is 2.34. The molecule has 0 bridgehead atoms. The van der Waals surface area contributed by atoms with Crippen LogP contribution in [0, 0.1) is 5.92 Å². The quantitative estimate of drug-likeness (QED) is 0.760. The lowest BCUT2D eigenvalue weighted by molar-refractivity contribution is -0.128. The van der Waals surface area contributed by atoms with Crippen molar-refractivity contribution in [2.75, 3.05) is 50.7 Å². The number of likely N-dealkylation sites (N-methyl/N-ethyl adjacent to an activating group) is 1. The molecule has 1 fully saturated rings. The summed E-state index contributed by atoms with van der Waals surface area (Å²) in [6.07, 6.45) is 0.965. The van der Waals surface area contributed by atoms with Gasteiger partial charge in [-0.1, -0.05) is 0 Å². The van der Waals surface area contributed by atoms with Gasteiger partial charge in [-0.05, 0) is 24.6 Å². The lowest BCUT2D eigenvalue weighted by Gasteiger charge is -2.26. The van der Waals surface area contributed by atoms with E-state index in [0.717, 1.165) is 6.42 Å². The number of likely N-dealkylation sites (tertiary alicyclic amines) is 1. The number of rotatable bonds is 6. The number of ether oxygens (including phenoxy) is 2. The summed E-state index contributed by atoms with van der Waals surface area (Å²) in [5.41, 5.74) is 1.19. The van der Waals surface area contributed by atoms with Crippen molar-refractivity contribution in [2.45, 2.75) is 12.8 Å². The number of amides is 3. The van der Waals surface area contributed by atoms with Gasteiger partial charge in [0.25, 0.3) is 5.91 Å². The number of hydrogen-bond donors (Lipinski definition) is 1. The van der Waals surface area contributed by atoms with E-state index in [4.69, 9.17) is 9.47 Å². The molecule has 8 heteroatoms. The molecule has 1 aromatic rings. The van der Waals surface area contributed by atoms with Gasteiger partial charge in [-0.15, -0.1) is 0 Å². The monoisotopic (exact) mass is 361 g/mol. The number of nitrogens with one attached hydrogen (secondary N) is 1. The molecule has 0 aromatic heterocycles. The second-order valence-corrected chi connectivity index (χ2v) is 6.50. The maximum absolute atomic E-state index is 12.5. The fraction of sp³-hybridized carbons (Fsp3) is 0.500. The minimum Gasteiger partial charge on any atom is -0.482 e. The molecule has 2 aliphatic rings. The molecule has 2 aliphatic heterocycles. The van der Waals surface area contributed by atoms with Gasteiger partial charge < -0.3 is 24.6 Å². The van der Waals surface area contributed by atoms with E-state index in [-0.39, 0.29) is 36.7 Å². The standard InChI is InChI=1S/C18H23N3O5/c1-20-14-9-13(4-5-15(14)26-11-17(20)23)19-18(24)12-8-16(22)21(10-12)6-3-7-25-2/h4-5,9,12H,3,6-8,10-11H2,1-2H3,(H,19,24)/t12-/m0/s1. The zero-order chi connectivity index (χ0) is 18.7. The van der Waals surface area contributed by atoms with E-state index in [9.17, 15) is 14.4 Å². The van der Waals surface area contributed by atoms with Crippen molar-refractivity contribution in [1.29, 1.82) is 0 Å². The van der Waals surface area contributed by atoms with Crippen LogP contribution >= 0.6 is 0 Å². The molecule has 1 N–H and O–H groups in total. The van der Waals surface area contributed by atoms with E-state index >= 15 is 0 Å². The van der Waals surface area contributed by atoms with Crippen LogP contribution in [0.1, 0.15) is 12.8 Å². The first-order valence-electron chi connectivity index (χ1n) is 8.60. The third-order valence-corrected chi connectivity index (χ3v) is 4.67. The molecule has 3 amide bonds. The van der Waals surface area contributed by atoms with Crippen LogP contribution in [0.3, 0.4) is 0 Å². The Hall–Kier alpha value is -2.61. The van der Waals surface area contributed by atoms with E-state index in [1.54, 1.807) is 37.3 Å². The number of nitrogens with zero attached hydrogens (tertiary/aromatic N) is 2. The fourth-order valence-electron chi connectivity index (χ4n) is 3.16. The summed E-state index contributed by atoms with van der Waals surface area (Å²) in [7, 11) is 3.29. The zero-order valence-electron chi connectivity index (χ0n) is 15.0. The number of carbonyl (C=O) groups is 3. The Morgan fingerprint density at radius 3 is 2.92 bits per heavy atom. The van der Waals surface area contributed by atoms with Crippen molar-refractivity contribution in [3.05, 3.63) is 18.2 Å². The van der Waals surface area contributed by atoms with Gasteiger partial charge in [0.2, 0.25) is 11.8 Å². The normalized spacial score (nSPS) is 19.4. The van der Waals surface area contributed by atoms with Crippen molar-refractivity contribution >= 4 is 29.1 Å². The average molecular weight is 361 g/mol. The Balaban J connectivity index is 1.62. The Labute approximate surface area is 152 Å². The second kappa shape index (κ2) is 7.74. The first-order valence-corrected chi connectivity index (χ1v) is 8.60. The third-order valence-electron chi connectivity index (χ3n) is 4.67. The molecule has 3 rings (SSSR count). The number of anilines is 2. The van der Waals surface area contributed by atoms with Gasteiger partial charge >= 0.3 is 0 Å². The van der Waals surface area contributed by atoms with Crippen molar-refractivity contribution < 1.29 is 23.9 Å². The van der Waals surface area contributed by atoms with E-state index in [1.807, 2.05) is 0 Å². The summed E-state index contributed by atoms with van der Waals surface area (Å²) in [4.78, 5) is 39.5. The van der Waals surface area contributed by atoms with E-state index in [1.165, 1.54) is 4.90 Å². The number of fused-ring (bicyclic) bond motifs is 1.